The van der Waals surface area contributed by atoms with Gasteiger partial charge in [-0.15, -0.1) is 0 Å². The van der Waals surface area contributed by atoms with Crippen molar-refractivity contribution in [2.45, 2.75) is 35.7 Å². The maximum atomic E-state index is 12.9. The average Bonchev–Trinajstić information content (AvgIpc) is 3.35. The van der Waals surface area contributed by atoms with E-state index in [0.717, 1.165) is 45.9 Å². The Bertz CT molecular complexity index is 975. The van der Waals surface area contributed by atoms with Crippen molar-refractivity contribution in [2.24, 2.45) is 0 Å². The van der Waals surface area contributed by atoms with E-state index < -0.39 is 0 Å². The van der Waals surface area contributed by atoms with Crippen LogP contribution in [0.15, 0.2) is 52.3 Å². The van der Waals surface area contributed by atoms with Crippen molar-refractivity contribution in [1.29, 1.82) is 0 Å². The molecule has 2 heterocycles. The van der Waals surface area contributed by atoms with Crippen molar-refractivity contribution in [1.82, 2.24) is 10.3 Å². The summed E-state index contributed by atoms with van der Waals surface area (Å²) in [7, 11) is 1.64. The minimum atomic E-state index is -0.111. The SMILES string of the molecule is COc1ccc2c(Sc3ccc(C)cc3)c(C(=O)NC[C@@H]3CCCO3)[nH]c2c1. The molecule has 1 aliphatic heterocycles. The van der Waals surface area contributed by atoms with E-state index >= 15 is 0 Å². The minimum absolute atomic E-state index is 0.111. The second kappa shape index (κ2) is 8.29. The Morgan fingerprint density at radius 3 is 2.82 bits per heavy atom. The Morgan fingerprint density at radius 1 is 1.29 bits per heavy atom. The zero-order valence-electron chi connectivity index (χ0n) is 16.1. The number of aromatic nitrogens is 1. The number of ether oxygens (including phenoxy) is 2. The van der Waals surface area contributed by atoms with Crippen LogP contribution < -0.4 is 10.1 Å². The molecule has 4 rings (SSSR count). The van der Waals surface area contributed by atoms with Crippen LogP contribution in [0.3, 0.4) is 0 Å². The third kappa shape index (κ3) is 4.03. The molecular formula is C22H24N2O3S. The molecule has 0 radical (unpaired) electrons. The molecule has 1 fully saturated rings. The zero-order chi connectivity index (χ0) is 19.5. The number of H-pyrrole nitrogens is 1. The number of rotatable bonds is 6. The predicted molar refractivity (Wildman–Crippen MR) is 111 cm³/mol. The molecule has 6 heteroatoms. The molecule has 2 aromatic carbocycles. The molecule has 146 valence electrons. The van der Waals surface area contributed by atoms with Gasteiger partial charge in [-0.1, -0.05) is 29.5 Å². The monoisotopic (exact) mass is 396 g/mol. The first-order chi connectivity index (χ1) is 13.6. The fourth-order valence-corrected chi connectivity index (χ4v) is 4.41. The lowest BCUT2D eigenvalue weighted by Gasteiger charge is -2.11. The standard InChI is InChI=1S/C22H24N2O3S/c1-14-5-8-17(9-6-14)28-21-18-10-7-15(26-2)12-19(18)24-20(21)22(25)23-13-16-4-3-11-27-16/h5-10,12,16,24H,3-4,11,13H2,1-2H3,(H,23,25)/t16-/m0/s1. The van der Waals surface area contributed by atoms with Gasteiger partial charge in [-0.25, -0.2) is 0 Å². The van der Waals surface area contributed by atoms with E-state index in [1.54, 1.807) is 18.9 Å². The fraction of sp³-hybridized carbons (Fsp3) is 0.318. The molecule has 1 aromatic heterocycles. The average molecular weight is 397 g/mol. The van der Waals surface area contributed by atoms with Gasteiger partial charge < -0.3 is 19.8 Å². The number of aryl methyl sites for hydroxylation is 1. The number of fused-ring (bicyclic) bond motifs is 1. The molecule has 0 unspecified atom stereocenters. The molecule has 1 aliphatic rings. The first-order valence-electron chi connectivity index (χ1n) is 9.48. The van der Waals surface area contributed by atoms with Crippen molar-refractivity contribution >= 4 is 28.6 Å². The van der Waals surface area contributed by atoms with Gasteiger partial charge in [0.05, 0.1) is 23.6 Å². The maximum absolute atomic E-state index is 12.9. The van der Waals surface area contributed by atoms with Crippen LogP contribution in [-0.2, 0) is 4.74 Å². The Kier molecular flexibility index (Phi) is 5.59. The van der Waals surface area contributed by atoms with Gasteiger partial charge in [0.15, 0.2) is 0 Å². The van der Waals surface area contributed by atoms with Gasteiger partial charge in [-0.2, -0.15) is 0 Å². The molecule has 1 amide bonds. The van der Waals surface area contributed by atoms with Crippen LogP contribution in [0, 0.1) is 6.92 Å². The van der Waals surface area contributed by atoms with Crippen molar-refractivity contribution in [3.63, 3.8) is 0 Å². The summed E-state index contributed by atoms with van der Waals surface area (Å²) in [5.74, 6) is 0.646. The Hall–Kier alpha value is -2.44. The highest BCUT2D eigenvalue weighted by molar-refractivity contribution is 7.99. The van der Waals surface area contributed by atoms with Gasteiger partial charge >= 0.3 is 0 Å². The molecule has 1 saturated heterocycles. The summed E-state index contributed by atoms with van der Waals surface area (Å²) in [5.41, 5.74) is 2.67. The first kappa shape index (κ1) is 18.9. The Labute approximate surface area is 168 Å². The summed E-state index contributed by atoms with van der Waals surface area (Å²) in [6.45, 7) is 3.38. The second-order valence-electron chi connectivity index (χ2n) is 7.00. The normalized spacial score (nSPS) is 16.4. The molecule has 28 heavy (non-hydrogen) atoms. The summed E-state index contributed by atoms with van der Waals surface area (Å²) in [6.07, 6.45) is 2.16. The maximum Gasteiger partial charge on any atom is 0.269 e. The summed E-state index contributed by atoms with van der Waals surface area (Å²) < 4.78 is 11.0. The fourth-order valence-electron chi connectivity index (χ4n) is 3.37. The van der Waals surface area contributed by atoms with E-state index in [2.05, 4.69) is 41.5 Å². The van der Waals surface area contributed by atoms with Crippen molar-refractivity contribution < 1.29 is 14.3 Å². The summed E-state index contributed by atoms with van der Waals surface area (Å²) >= 11 is 1.59. The molecule has 5 nitrogen and oxygen atoms in total. The van der Waals surface area contributed by atoms with E-state index in [-0.39, 0.29) is 12.0 Å². The van der Waals surface area contributed by atoms with E-state index in [4.69, 9.17) is 9.47 Å². The van der Waals surface area contributed by atoms with Crippen LogP contribution in [0.2, 0.25) is 0 Å². The number of hydrogen-bond donors (Lipinski definition) is 2. The third-order valence-electron chi connectivity index (χ3n) is 4.94. The summed E-state index contributed by atoms with van der Waals surface area (Å²) in [5, 5.41) is 4.03. The third-order valence-corrected chi connectivity index (χ3v) is 6.08. The van der Waals surface area contributed by atoms with Crippen molar-refractivity contribution in [3.8, 4) is 5.75 Å². The van der Waals surface area contributed by atoms with Crippen LogP contribution in [0.1, 0.15) is 28.9 Å². The van der Waals surface area contributed by atoms with Gasteiger partial charge in [-0.05, 0) is 44.0 Å². The highest BCUT2D eigenvalue weighted by atomic mass is 32.2. The molecular weight excluding hydrogens is 372 g/mol. The van der Waals surface area contributed by atoms with Crippen LogP contribution in [0.5, 0.6) is 5.75 Å². The van der Waals surface area contributed by atoms with Gasteiger partial charge in [0.1, 0.15) is 11.4 Å². The van der Waals surface area contributed by atoms with Crippen LogP contribution in [0.4, 0.5) is 0 Å². The van der Waals surface area contributed by atoms with Gasteiger partial charge in [0.2, 0.25) is 0 Å². The highest BCUT2D eigenvalue weighted by Crippen LogP contribution is 2.38. The van der Waals surface area contributed by atoms with Crippen molar-refractivity contribution in [2.75, 3.05) is 20.3 Å². The number of benzene rings is 2. The number of nitrogens with one attached hydrogen (secondary N) is 2. The second-order valence-corrected chi connectivity index (χ2v) is 8.08. The predicted octanol–water partition coefficient (Wildman–Crippen LogP) is 4.54. The van der Waals surface area contributed by atoms with Crippen LogP contribution >= 0.6 is 11.8 Å². The molecule has 3 aromatic rings. The minimum Gasteiger partial charge on any atom is -0.497 e. The van der Waals surface area contributed by atoms with Gasteiger partial charge in [0, 0.05) is 29.5 Å². The summed E-state index contributed by atoms with van der Waals surface area (Å²) in [4.78, 5) is 18.3. The quantitative estimate of drug-likeness (QED) is 0.642. The number of amides is 1. The Morgan fingerprint density at radius 2 is 2.11 bits per heavy atom. The lowest BCUT2D eigenvalue weighted by Crippen LogP contribution is -2.32. The number of carbonyl (C=O) groups excluding carboxylic acids is 1. The lowest BCUT2D eigenvalue weighted by molar-refractivity contribution is 0.0852. The largest absolute Gasteiger partial charge is 0.497 e. The topological polar surface area (TPSA) is 63.4 Å². The van der Waals surface area contributed by atoms with Crippen LogP contribution in [0.25, 0.3) is 10.9 Å². The number of aromatic amines is 1. The summed E-state index contributed by atoms with van der Waals surface area (Å²) in [6, 6.07) is 14.2. The van der Waals surface area contributed by atoms with Crippen molar-refractivity contribution in [3.05, 3.63) is 53.7 Å². The first-order valence-corrected chi connectivity index (χ1v) is 10.3. The molecule has 1 atom stereocenters. The zero-order valence-corrected chi connectivity index (χ0v) is 16.9. The smallest absolute Gasteiger partial charge is 0.269 e. The molecule has 0 bridgehead atoms. The lowest BCUT2D eigenvalue weighted by atomic mass is 10.2. The molecule has 2 N–H and O–H groups in total. The van der Waals surface area contributed by atoms with E-state index in [1.807, 2.05) is 18.2 Å². The Balaban J connectivity index is 1.66. The number of methoxy groups -OCH3 is 1. The molecule has 0 spiro atoms. The van der Waals surface area contributed by atoms with Crippen LogP contribution in [-0.4, -0.2) is 37.3 Å². The molecule has 0 aliphatic carbocycles. The number of hydrogen-bond acceptors (Lipinski definition) is 4. The van der Waals surface area contributed by atoms with E-state index in [9.17, 15) is 4.79 Å². The van der Waals surface area contributed by atoms with E-state index in [0.29, 0.717) is 12.2 Å². The highest BCUT2D eigenvalue weighted by Gasteiger charge is 2.22. The molecule has 0 saturated carbocycles. The number of carbonyl (C=O) groups is 1. The van der Waals surface area contributed by atoms with Gasteiger partial charge in [-0.3, -0.25) is 4.79 Å². The van der Waals surface area contributed by atoms with Gasteiger partial charge in [0.25, 0.3) is 5.91 Å². The van der Waals surface area contributed by atoms with E-state index in [1.165, 1.54) is 5.56 Å².